The molecule has 6 heteroatoms. The summed E-state index contributed by atoms with van der Waals surface area (Å²) in [6, 6.07) is 7.18. The number of rotatable bonds is 6. The van der Waals surface area contributed by atoms with E-state index in [0.29, 0.717) is 18.4 Å². The van der Waals surface area contributed by atoms with Gasteiger partial charge in [0.1, 0.15) is 12.1 Å². The highest BCUT2D eigenvalue weighted by Crippen LogP contribution is 2.31. The fraction of sp³-hybridized carbons (Fsp3) is 0.550. The average molecular weight is 357 g/mol. The van der Waals surface area contributed by atoms with E-state index in [2.05, 4.69) is 19.2 Å². The molecule has 0 radical (unpaired) electrons. The summed E-state index contributed by atoms with van der Waals surface area (Å²) in [4.78, 5) is 40.3. The highest BCUT2D eigenvalue weighted by atomic mass is 16.2. The van der Waals surface area contributed by atoms with E-state index in [9.17, 15) is 14.4 Å². The van der Waals surface area contributed by atoms with E-state index >= 15 is 0 Å². The number of benzene rings is 1. The van der Waals surface area contributed by atoms with Crippen LogP contribution in [0, 0.1) is 5.92 Å². The summed E-state index contributed by atoms with van der Waals surface area (Å²) < 4.78 is 0. The second-order valence-corrected chi connectivity index (χ2v) is 7.94. The fourth-order valence-electron chi connectivity index (χ4n) is 3.28. The first-order valence-corrected chi connectivity index (χ1v) is 9.21. The van der Waals surface area contributed by atoms with E-state index in [1.54, 1.807) is 18.9 Å². The normalized spacial score (nSPS) is 22.7. The Morgan fingerprint density at radius 2 is 1.88 bits per heavy atom. The number of hydrogen-bond donors (Lipinski definition) is 1. The van der Waals surface area contributed by atoms with Crippen LogP contribution >= 0.6 is 0 Å². The van der Waals surface area contributed by atoms with Crippen LogP contribution in [0.25, 0.3) is 0 Å². The zero-order chi connectivity index (χ0) is 19.1. The minimum absolute atomic E-state index is 0.209. The van der Waals surface area contributed by atoms with Crippen molar-refractivity contribution < 1.29 is 14.4 Å². The maximum atomic E-state index is 12.9. The smallest absolute Gasteiger partial charge is 0.325 e. The maximum Gasteiger partial charge on any atom is 0.325 e. The second-order valence-electron chi connectivity index (χ2n) is 7.94. The van der Waals surface area contributed by atoms with Crippen LogP contribution in [-0.4, -0.2) is 47.8 Å². The second kappa shape index (κ2) is 6.74. The van der Waals surface area contributed by atoms with Crippen molar-refractivity contribution in [3.8, 4) is 0 Å². The van der Waals surface area contributed by atoms with Gasteiger partial charge in [-0.2, -0.15) is 0 Å². The molecule has 2 fully saturated rings. The minimum atomic E-state index is -1.14. The quantitative estimate of drug-likeness (QED) is 0.795. The summed E-state index contributed by atoms with van der Waals surface area (Å²) >= 11 is 0. The zero-order valence-corrected chi connectivity index (χ0v) is 15.9. The van der Waals surface area contributed by atoms with Crippen molar-refractivity contribution in [1.82, 2.24) is 15.1 Å². The standard InChI is InChI=1S/C20H27N3O3/c1-13(2)15-7-9-16(10-8-15)20(3)18(25)23(19(26)21-20)12-17(24)22(4)11-14-5-6-14/h7-10,13-14H,5-6,11-12H2,1-4H3,(H,21,26). The summed E-state index contributed by atoms with van der Waals surface area (Å²) in [7, 11) is 1.73. The van der Waals surface area contributed by atoms with Gasteiger partial charge in [0, 0.05) is 13.6 Å². The molecule has 140 valence electrons. The summed E-state index contributed by atoms with van der Waals surface area (Å²) in [5, 5.41) is 2.76. The van der Waals surface area contributed by atoms with E-state index in [1.165, 1.54) is 5.56 Å². The molecular weight excluding hydrogens is 330 g/mol. The number of imide groups is 1. The molecule has 0 aromatic heterocycles. The van der Waals surface area contributed by atoms with Gasteiger partial charge in [0.05, 0.1) is 0 Å². The van der Waals surface area contributed by atoms with Crippen LogP contribution < -0.4 is 5.32 Å². The van der Waals surface area contributed by atoms with Crippen molar-refractivity contribution in [3.05, 3.63) is 35.4 Å². The number of likely N-dealkylation sites (N-methyl/N-ethyl adjacent to an activating group) is 1. The molecule has 0 bridgehead atoms. The third kappa shape index (κ3) is 3.45. The topological polar surface area (TPSA) is 69.7 Å². The van der Waals surface area contributed by atoms with E-state index in [0.717, 1.165) is 23.3 Å². The Kier molecular flexibility index (Phi) is 4.78. The van der Waals surface area contributed by atoms with Gasteiger partial charge in [-0.25, -0.2) is 4.79 Å². The Hall–Kier alpha value is -2.37. The summed E-state index contributed by atoms with van der Waals surface area (Å²) in [6.07, 6.45) is 2.29. The first-order chi connectivity index (χ1) is 12.2. The lowest BCUT2D eigenvalue weighted by atomic mass is 9.90. The molecule has 1 saturated heterocycles. The fourth-order valence-corrected chi connectivity index (χ4v) is 3.28. The molecule has 1 aliphatic carbocycles. The van der Waals surface area contributed by atoms with Crippen LogP contribution in [0.1, 0.15) is 50.7 Å². The molecule has 1 atom stereocenters. The zero-order valence-electron chi connectivity index (χ0n) is 15.9. The lowest BCUT2D eigenvalue weighted by Gasteiger charge is -2.23. The van der Waals surface area contributed by atoms with Gasteiger partial charge in [-0.3, -0.25) is 14.5 Å². The predicted molar refractivity (Wildman–Crippen MR) is 98.5 cm³/mol. The van der Waals surface area contributed by atoms with Gasteiger partial charge in [0.25, 0.3) is 5.91 Å². The van der Waals surface area contributed by atoms with Crippen molar-refractivity contribution in [2.24, 2.45) is 5.92 Å². The van der Waals surface area contributed by atoms with Crippen LogP contribution in [-0.2, 0) is 15.1 Å². The molecule has 1 unspecified atom stereocenters. The van der Waals surface area contributed by atoms with Gasteiger partial charge in [0.15, 0.2) is 0 Å². The Morgan fingerprint density at radius 1 is 1.27 bits per heavy atom. The van der Waals surface area contributed by atoms with Crippen molar-refractivity contribution in [2.45, 2.75) is 45.1 Å². The molecule has 3 rings (SSSR count). The van der Waals surface area contributed by atoms with Gasteiger partial charge in [0.2, 0.25) is 5.91 Å². The number of amides is 4. The number of nitrogens with zero attached hydrogens (tertiary/aromatic N) is 2. The number of carbonyl (C=O) groups is 3. The molecule has 1 aliphatic heterocycles. The summed E-state index contributed by atoms with van der Waals surface area (Å²) in [5.74, 6) is 0.367. The van der Waals surface area contributed by atoms with Gasteiger partial charge in [-0.1, -0.05) is 38.1 Å². The predicted octanol–water partition coefficient (Wildman–Crippen LogP) is 2.45. The van der Waals surface area contributed by atoms with E-state index < -0.39 is 11.6 Å². The summed E-state index contributed by atoms with van der Waals surface area (Å²) in [5.41, 5.74) is 0.756. The Morgan fingerprint density at radius 3 is 2.42 bits per heavy atom. The third-order valence-electron chi connectivity index (χ3n) is 5.38. The number of urea groups is 1. The molecule has 1 saturated carbocycles. The van der Waals surface area contributed by atoms with E-state index in [1.807, 2.05) is 24.3 Å². The lowest BCUT2D eigenvalue weighted by molar-refractivity contribution is -0.138. The van der Waals surface area contributed by atoms with Crippen molar-refractivity contribution in [3.63, 3.8) is 0 Å². The lowest BCUT2D eigenvalue weighted by Crippen LogP contribution is -2.44. The van der Waals surface area contributed by atoms with Crippen LogP contribution in [0.15, 0.2) is 24.3 Å². The first kappa shape index (κ1) is 18.4. The molecule has 2 aliphatic rings. The SMILES string of the molecule is CC(C)c1ccc(C2(C)NC(=O)N(CC(=O)N(C)CC3CC3)C2=O)cc1. The monoisotopic (exact) mass is 357 g/mol. The largest absolute Gasteiger partial charge is 0.344 e. The van der Waals surface area contributed by atoms with Gasteiger partial charge in [-0.05, 0) is 42.7 Å². The molecule has 4 amide bonds. The maximum absolute atomic E-state index is 12.9. The van der Waals surface area contributed by atoms with Crippen molar-refractivity contribution in [2.75, 3.05) is 20.1 Å². The van der Waals surface area contributed by atoms with Crippen LogP contribution in [0.3, 0.4) is 0 Å². The van der Waals surface area contributed by atoms with Crippen molar-refractivity contribution >= 4 is 17.8 Å². The summed E-state index contributed by atoms with van der Waals surface area (Å²) in [6.45, 7) is 6.37. The number of nitrogens with one attached hydrogen (secondary N) is 1. The van der Waals surface area contributed by atoms with E-state index in [4.69, 9.17) is 0 Å². The van der Waals surface area contributed by atoms with Gasteiger partial charge in [-0.15, -0.1) is 0 Å². The molecule has 26 heavy (non-hydrogen) atoms. The molecule has 1 N–H and O–H groups in total. The highest BCUT2D eigenvalue weighted by Gasteiger charge is 2.49. The molecule has 1 heterocycles. The Labute approximate surface area is 154 Å². The molecule has 0 spiro atoms. The van der Waals surface area contributed by atoms with Crippen LogP contribution in [0.4, 0.5) is 4.79 Å². The number of hydrogen-bond acceptors (Lipinski definition) is 3. The van der Waals surface area contributed by atoms with Gasteiger partial charge >= 0.3 is 6.03 Å². The average Bonchev–Trinajstić information content (AvgIpc) is 3.38. The van der Waals surface area contributed by atoms with Crippen molar-refractivity contribution in [1.29, 1.82) is 0 Å². The van der Waals surface area contributed by atoms with Crippen LogP contribution in [0.5, 0.6) is 0 Å². The highest BCUT2D eigenvalue weighted by molar-refractivity contribution is 6.09. The Bertz CT molecular complexity index is 724. The first-order valence-electron chi connectivity index (χ1n) is 9.21. The molecular formula is C20H27N3O3. The third-order valence-corrected chi connectivity index (χ3v) is 5.38. The van der Waals surface area contributed by atoms with E-state index in [-0.39, 0.29) is 18.4 Å². The molecule has 1 aromatic carbocycles. The van der Waals surface area contributed by atoms with Crippen LogP contribution in [0.2, 0.25) is 0 Å². The minimum Gasteiger partial charge on any atom is -0.344 e. The Balaban J connectivity index is 1.73. The molecule has 1 aromatic rings. The van der Waals surface area contributed by atoms with Gasteiger partial charge < -0.3 is 10.2 Å². The molecule has 6 nitrogen and oxygen atoms in total. The number of carbonyl (C=O) groups excluding carboxylic acids is 3.